The van der Waals surface area contributed by atoms with Crippen LogP contribution in [-0.2, 0) is 13.0 Å². The van der Waals surface area contributed by atoms with E-state index in [2.05, 4.69) is 22.2 Å². The second-order valence-electron chi connectivity index (χ2n) is 5.02. The summed E-state index contributed by atoms with van der Waals surface area (Å²) in [7, 11) is 0. The second kappa shape index (κ2) is 5.14. The Kier molecular flexibility index (Phi) is 3.18. The first-order valence-corrected chi connectivity index (χ1v) is 6.57. The number of hydrogen-bond acceptors (Lipinski definition) is 4. The van der Waals surface area contributed by atoms with E-state index in [0.29, 0.717) is 12.1 Å². The van der Waals surface area contributed by atoms with Crippen molar-refractivity contribution < 1.29 is 0 Å². The van der Waals surface area contributed by atoms with Gasteiger partial charge in [-0.25, -0.2) is 4.98 Å². The zero-order valence-corrected chi connectivity index (χ0v) is 10.9. The van der Waals surface area contributed by atoms with Gasteiger partial charge in [0, 0.05) is 5.92 Å². The van der Waals surface area contributed by atoms with Crippen LogP contribution >= 0.6 is 0 Å². The van der Waals surface area contributed by atoms with Crippen LogP contribution in [0, 0.1) is 28.6 Å². The fraction of sp³-hybridized carbons (Fsp3) is 0.333. The van der Waals surface area contributed by atoms with Crippen molar-refractivity contribution in [3.63, 3.8) is 0 Å². The van der Waals surface area contributed by atoms with Crippen LogP contribution in [0.5, 0.6) is 0 Å². The van der Waals surface area contributed by atoms with Crippen molar-refractivity contribution in [1.29, 1.82) is 10.5 Å². The molecule has 0 bridgehead atoms. The molecule has 1 aliphatic rings. The summed E-state index contributed by atoms with van der Waals surface area (Å²) in [6.07, 6.45) is 4.87. The average molecular weight is 263 g/mol. The van der Waals surface area contributed by atoms with Crippen LogP contribution in [0.15, 0.2) is 30.9 Å². The van der Waals surface area contributed by atoms with E-state index < -0.39 is 0 Å². The number of hydrogen-bond donors (Lipinski definition) is 0. The number of benzene rings is 1. The molecule has 0 fully saturated rings. The molecule has 5 nitrogen and oxygen atoms in total. The largest absolute Gasteiger partial charge is 0.252 e. The van der Waals surface area contributed by atoms with Crippen LogP contribution in [-0.4, -0.2) is 14.8 Å². The van der Waals surface area contributed by atoms with Gasteiger partial charge in [0.25, 0.3) is 0 Å². The Balaban J connectivity index is 1.98. The average Bonchev–Trinajstić information content (AvgIpc) is 3.00. The molecule has 20 heavy (non-hydrogen) atoms. The van der Waals surface area contributed by atoms with Crippen molar-refractivity contribution in [1.82, 2.24) is 14.8 Å². The Morgan fingerprint density at radius 1 is 1.35 bits per heavy atom. The molecule has 2 aromatic rings. The summed E-state index contributed by atoms with van der Waals surface area (Å²) in [5.74, 6) is 0.0952. The summed E-state index contributed by atoms with van der Waals surface area (Å²) < 4.78 is 1.77. The van der Waals surface area contributed by atoms with E-state index in [4.69, 9.17) is 5.26 Å². The molecular formula is C15H13N5. The molecule has 3 rings (SSSR count). The molecule has 0 saturated carbocycles. The Morgan fingerprint density at radius 2 is 2.25 bits per heavy atom. The minimum atomic E-state index is -0.0142. The van der Waals surface area contributed by atoms with Crippen molar-refractivity contribution in [2.24, 2.45) is 5.92 Å². The van der Waals surface area contributed by atoms with E-state index in [1.165, 1.54) is 11.9 Å². The van der Waals surface area contributed by atoms with Crippen LogP contribution in [0.25, 0.3) is 0 Å². The number of aromatic nitrogens is 3. The lowest BCUT2D eigenvalue weighted by molar-refractivity contribution is 0.389. The predicted octanol–water partition coefficient (Wildman–Crippen LogP) is 2.02. The third-order valence-electron chi connectivity index (χ3n) is 3.90. The van der Waals surface area contributed by atoms with Gasteiger partial charge >= 0.3 is 0 Å². The maximum Gasteiger partial charge on any atom is 0.137 e. The quantitative estimate of drug-likeness (QED) is 0.830. The summed E-state index contributed by atoms with van der Waals surface area (Å²) in [6, 6.07) is 10.3. The molecule has 0 spiro atoms. The van der Waals surface area contributed by atoms with E-state index in [9.17, 15) is 5.26 Å². The first-order valence-electron chi connectivity index (χ1n) is 6.57. The maximum absolute atomic E-state index is 9.37. The summed E-state index contributed by atoms with van der Waals surface area (Å²) in [4.78, 5) is 3.95. The van der Waals surface area contributed by atoms with Crippen molar-refractivity contribution in [3.8, 4) is 12.1 Å². The van der Waals surface area contributed by atoms with E-state index in [0.717, 1.165) is 18.4 Å². The maximum atomic E-state index is 9.37. The zero-order chi connectivity index (χ0) is 13.9. The van der Waals surface area contributed by atoms with Crippen LogP contribution in [0.2, 0.25) is 0 Å². The number of nitriles is 2. The van der Waals surface area contributed by atoms with Gasteiger partial charge in [-0.05, 0) is 36.1 Å². The molecule has 1 unspecified atom stereocenters. The van der Waals surface area contributed by atoms with Crippen molar-refractivity contribution in [3.05, 3.63) is 47.5 Å². The van der Waals surface area contributed by atoms with Gasteiger partial charge in [-0.15, -0.1) is 0 Å². The molecule has 0 aliphatic heterocycles. The molecule has 0 N–H and O–H groups in total. The highest BCUT2D eigenvalue weighted by atomic mass is 15.3. The molecule has 5 heteroatoms. The van der Waals surface area contributed by atoms with Gasteiger partial charge in [-0.1, -0.05) is 6.07 Å². The van der Waals surface area contributed by atoms with Crippen molar-refractivity contribution in [2.45, 2.75) is 25.3 Å². The van der Waals surface area contributed by atoms with E-state index >= 15 is 0 Å². The topological polar surface area (TPSA) is 78.3 Å². The Hall–Kier alpha value is -2.66. The first-order chi connectivity index (χ1) is 9.81. The minimum Gasteiger partial charge on any atom is -0.252 e. The first kappa shape index (κ1) is 12.4. The molecule has 0 radical (unpaired) electrons. The van der Waals surface area contributed by atoms with Crippen LogP contribution in [0.1, 0.15) is 29.0 Å². The fourth-order valence-electron chi connectivity index (χ4n) is 2.89. The highest BCUT2D eigenvalue weighted by Crippen LogP contribution is 2.37. The number of aryl methyl sites for hydroxylation is 1. The van der Waals surface area contributed by atoms with Crippen LogP contribution in [0.3, 0.4) is 0 Å². The van der Waals surface area contributed by atoms with Crippen LogP contribution < -0.4 is 0 Å². The van der Waals surface area contributed by atoms with Crippen molar-refractivity contribution >= 4 is 0 Å². The monoisotopic (exact) mass is 263 g/mol. The lowest BCUT2D eigenvalue weighted by Gasteiger charge is -2.29. The summed E-state index contributed by atoms with van der Waals surface area (Å²) in [5, 5.41) is 22.5. The zero-order valence-electron chi connectivity index (χ0n) is 10.9. The van der Waals surface area contributed by atoms with Gasteiger partial charge in [-0.2, -0.15) is 15.6 Å². The molecule has 1 aromatic heterocycles. The molecular weight excluding hydrogens is 250 g/mol. The summed E-state index contributed by atoms with van der Waals surface area (Å²) >= 11 is 0. The number of rotatable bonds is 2. The number of nitrogens with zero attached hydrogens (tertiary/aromatic N) is 5. The van der Waals surface area contributed by atoms with Gasteiger partial charge in [0.15, 0.2) is 0 Å². The van der Waals surface area contributed by atoms with Gasteiger partial charge in [0.2, 0.25) is 0 Å². The molecule has 98 valence electrons. The lowest BCUT2D eigenvalue weighted by Crippen LogP contribution is -2.24. The molecule has 0 amide bonds. The molecule has 1 aliphatic carbocycles. The molecule has 2 atom stereocenters. The Morgan fingerprint density at radius 3 is 2.95 bits per heavy atom. The standard InChI is InChI=1S/C15H13N5/c16-6-11-1-4-14-12(5-11)2-3-13(7-17)15(14)8-20-10-18-9-19-20/h1,4-5,9-10,13,15H,2-3,8H2/t13-,15?/m1/s1. The van der Waals surface area contributed by atoms with Gasteiger partial charge in [0.1, 0.15) is 12.7 Å². The van der Waals surface area contributed by atoms with Gasteiger partial charge in [-0.3, -0.25) is 4.68 Å². The Labute approximate surface area is 117 Å². The van der Waals surface area contributed by atoms with Crippen molar-refractivity contribution in [2.75, 3.05) is 0 Å². The second-order valence-corrected chi connectivity index (χ2v) is 5.02. The SMILES string of the molecule is N#Cc1ccc2c(c1)CC[C@H](C#N)C2Cn1cncn1. The molecule has 1 aromatic carbocycles. The normalized spacial score (nSPS) is 20.7. The third kappa shape index (κ3) is 2.15. The van der Waals surface area contributed by atoms with E-state index in [-0.39, 0.29) is 11.8 Å². The smallest absolute Gasteiger partial charge is 0.137 e. The minimum absolute atomic E-state index is 0.0142. The predicted molar refractivity (Wildman–Crippen MR) is 71.3 cm³/mol. The van der Waals surface area contributed by atoms with E-state index in [1.807, 2.05) is 18.2 Å². The molecule has 1 heterocycles. The summed E-state index contributed by atoms with van der Waals surface area (Å²) in [6.45, 7) is 0.650. The third-order valence-corrected chi connectivity index (χ3v) is 3.90. The van der Waals surface area contributed by atoms with Crippen LogP contribution in [0.4, 0.5) is 0 Å². The molecule has 0 saturated heterocycles. The van der Waals surface area contributed by atoms with E-state index in [1.54, 1.807) is 11.0 Å². The fourth-order valence-corrected chi connectivity index (χ4v) is 2.89. The highest BCUT2D eigenvalue weighted by molar-refractivity contribution is 5.42. The number of fused-ring (bicyclic) bond motifs is 1. The summed E-state index contributed by atoms with van der Waals surface area (Å²) in [5.41, 5.74) is 3.02. The Bertz CT molecular complexity index is 690. The van der Waals surface area contributed by atoms with Gasteiger partial charge < -0.3 is 0 Å². The van der Waals surface area contributed by atoms with Gasteiger partial charge in [0.05, 0.1) is 30.2 Å². The lowest BCUT2D eigenvalue weighted by atomic mass is 9.75. The highest BCUT2D eigenvalue weighted by Gasteiger charge is 2.30.